The van der Waals surface area contributed by atoms with Crippen molar-refractivity contribution in [3.8, 4) is 11.5 Å². The Morgan fingerprint density at radius 3 is 2.80 bits per heavy atom. The summed E-state index contributed by atoms with van der Waals surface area (Å²) in [6, 6.07) is 8.71. The van der Waals surface area contributed by atoms with E-state index < -0.39 is 0 Å². The molecule has 1 amide bonds. The van der Waals surface area contributed by atoms with Crippen molar-refractivity contribution < 1.29 is 14.6 Å². The number of aromatic nitrogens is 1. The van der Waals surface area contributed by atoms with Gasteiger partial charge in [0.1, 0.15) is 17.2 Å². The molecule has 0 atom stereocenters. The van der Waals surface area contributed by atoms with Gasteiger partial charge in [0.05, 0.1) is 6.61 Å². The van der Waals surface area contributed by atoms with Gasteiger partial charge < -0.3 is 15.2 Å². The average molecular weight is 272 g/mol. The third kappa shape index (κ3) is 3.13. The average Bonchev–Trinajstić information content (AvgIpc) is 2.48. The minimum atomic E-state index is -0.261. The summed E-state index contributed by atoms with van der Waals surface area (Å²) in [4.78, 5) is 15.5. The minimum Gasteiger partial charge on any atom is -0.457 e. The molecule has 2 aromatic rings. The van der Waals surface area contributed by atoms with Gasteiger partial charge in [-0.3, -0.25) is 9.78 Å². The van der Waals surface area contributed by atoms with Crippen LogP contribution >= 0.6 is 0 Å². The number of hydrogen-bond donors (Lipinski definition) is 2. The molecule has 0 aliphatic heterocycles. The van der Waals surface area contributed by atoms with E-state index in [1.165, 1.54) is 6.20 Å². The smallest absolute Gasteiger partial charge is 0.269 e. The Morgan fingerprint density at radius 1 is 1.35 bits per heavy atom. The fraction of sp³-hybridized carbons (Fsp3) is 0.200. The van der Waals surface area contributed by atoms with Crippen LogP contribution < -0.4 is 10.1 Å². The molecular formula is C15H16N2O3. The van der Waals surface area contributed by atoms with E-state index in [0.717, 1.165) is 11.1 Å². The van der Waals surface area contributed by atoms with Crippen molar-refractivity contribution >= 4 is 5.91 Å². The molecule has 0 spiro atoms. The van der Waals surface area contributed by atoms with Gasteiger partial charge in [-0.1, -0.05) is 12.1 Å². The topological polar surface area (TPSA) is 71.5 Å². The summed E-state index contributed by atoms with van der Waals surface area (Å²) in [7, 11) is 1.55. The first kappa shape index (κ1) is 14.0. The van der Waals surface area contributed by atoms with E-state index in [2.05, 4.69) is 10.3 Å². The number of pyridine rings is 1. The number of rotatable bonds is 4. The molecule has 1 heterocycles. The van der Waals surface area contributed by atoms with Crippen molar-refractivity contribution in [2.24, 2.45) is 0 Å². The van der Waals surface area contributed by atoms with Crippen LogP contribution in [0.5, 0.6) is 11.5 Å². The van der Waals surface area contributed by atoms with Gasteiger partial charge >= 0.3 is 0 Å². The van der Waals surface area contributed by atoms with E-state index in [4.69, 9.17) is 9.84 Å². The molecule has 0 unspecified atom stereocenters. The van der Waals surface area contributed by atoms with Crippen LogP contribution in [0.25, 0.3) is 0 Å². The van der Waals surface area contributed by atoms with Gasteiger partial charge in [0.15, 0.2) is 0 Å². The number of aliphatic hydroxyl groups excluding tert-OH is 1. The van der Waals surface area contributed by atoms with E-state index in [0.29, 0.717) is 17.2 Å². The lowest BCUT2D eigenvalue weighted by atomic mass is 10.1. The van der Waals surface area contributed by atoms with Crippen LogP contribution in [-0.2, 0) is 6.61 Å². The van der Waals surface area contributed by atoms with Crippen LogP contribution in [0.2, 0.25) is 0 Å². The summed E-state index contributed by atoms with van der Waals surface area (Å²) in [6.07, 6.45) is 1.53. The molecule has 1 aromatic carbocycles. The normalized spacial score (nSPS) is 10.2. The molecule has 0 saturated carbocycles. The van der Waals surface area contributed by atoms with Crippen molar-refractivity contribution in [3.63, 3.8) is 0 Å². The number of aliphatic hydroxyl groups is 1. The van der Waals surface area contributed by atoms with E-state index in [1.807, 2.05) is 13.0 Å². The molecular weight excluding hydrogens is 256 g/mol. The molecule has 5 nitrogen and oxygen atoms in total. The third-order valence-electron chi connectivity index (χ3n) is 2.84. The Kier molecular flexibility index (Phi) is 4.32. The lowest BCUT2D eigenvalue weighted by molar-refractivity contribution is 0.0958. The maximum Gasteiger partial charge on any atom is 0.269 e. The first-order valence-corrected chi connectivity index (χ1v) is 6.20. The van der Waals surface area contributed by atoms with Gasteiger partial charge in [0.2, 0.25) is 0 Å². The summed E-state index contributed by atoms with van der Waals surface area (Å²) in [5.41, 5.74) is 2.04. The van der Waals surface area contributed by atoms with Crippen molar-refractivity contribution in [2.45, 2.75) is 13.5 Å². The number of aryl methyl sites for hydroxylation is 1. The predicted molar refractivity (Wildman–Crippen MR) is 74.8 cm³/mol. The molecule has 5 heteroatoms. The quantitative estimate of drug-likeness (QED) is 0.893. The van der Waals surface area contributed by atoms with Crippen LogP contribution in [0.3, 0.4) is 0 Å². The predicted octanol–water partition coefficient (Wildman–Crippen LogP) is 2.03. The highest BCUT2D eigenvalue weighted by Crippen LogP contribution is 2.25. The maximum atomic E-state index is 11.5. The van der Waals surface area contributed by atoms with E-state index in [9.17, 15) is 4.79 Å². The Labute approximate surface area is 117 Å². The van der Waals surface area contributed by atoms with Gasteiger partial charge in [-0.2, -0.15) is 0 Å². The number of nitrogens with one attached hydrogen (secondary N) is 1. The minimum absolute atomic E-state index is 0.00278. The zero-order chi connectivity index (χ0) is 14.5. The monoisotopic (exact) mass is 272 g/mol. The SMILES string of the molecule is CNC(=O)c1cc(Oc2ccc(CO)cc2C)ccn1. The number of carbonyl (C=O) groups excluding carboxylic acids is 1. The van der Waals surface area contributed by atoms with Crippen LogP contribution in [0.1, 0.15) is 21.6 Å². The Morgan fingerprint density at radius 2 is 2.15 bits per heavy atom. The summed E-state index contributed by atoms with van der Waals surface area (Å²) in [5, 5.41) is 11.6. The highest BCUT2D eigenvalue weighted by molar-refractivity contribution is 5.92. The first-order chi connectivity index (χ1) is 9.63. The number of nitrogens with zero attached hydrogens (tertiary/aromatic N) is 1. The van der Waals surface area contributed by atoms with Gasteiger partial charge in [-0.25, -0.2) is 0 Å². The van der Waals surface area contributed by atoms with Gasteiger partial charge in [-0.05, 0) is 30.2 Å². The Bertz CT molecular complexity index is 626. The first-order valence-electron chi connectivity index (χ1n) is 6.20. The largest absolute Gasteiger partial charge is 0.457 e. The van der Waals surface area contributed by atoms with Gasteiger partial charge in [0, 0.05) is 19.3 Å². The lowest BCUT2D eigenvalue weighted by Crippen LogP contribution is -2.18. The van der Waals surface area contributed by atoms with Crippen LogP contribution in [0.15, 0.2) is 36.5 Å². The third-order valence-corrected chi connectivity index (χ3v) is 2.84. The number of carbonyl (C=O) groups is 1. The number of amides is 1. The van der Waals surface area contributed by atoms with Gasteiger partial charge in [0.25, 0.3) is 5.91 Å². The molecule has 0 aliphatic rings. The molecule has 1 aromatic heterocycles. The lowest BCUT2D eigenvalue weighted by Gasteiger charge is -2.10. The van der Waals surface area contributed by atoms with Crippen LogP contribution in [0, 0.1) is 6.92 Å². The highest BCUT2D eigenvalue weighted by atomic mass is 16.5. The zero-order valence-electron chi connectivity index (χ0n) is 11.4. The second kappa shape index (κ2) is 6.16. The molecule has 20 heavy (non-hydrogen) atoms. The standard InChI is InChI=1S/C15H16N2O3/c1-10-7-11(9-18)3-4-14(10)20-12-5-6-17-13(8-12)15(19)16-2/h3-8,18H,9H2,1-2H3,(H,16,19). The Hall–Kier alpha value is -2.40. The number of hydrogen-bond acceptors (Lipinski definition) is 4. The molecule has 0 bridgehead atoms. The maximum absolute atomic E-state index is 11.5. The van der Waals surface area contributed by atoms with Crippen molar-refractivity contribution in [2.75, 3.05) is 7.05 Å². The second-order valence-corrected chi connectivity index (χ2v) is 4.32. The van der Waals surface area contributed by atoms with Crippen LogP contribution in [0.4, 0.5) is 0 Å². The Balaban J connectivity index is 2.24. The van der Waals surface area contributed by atoms with E-state index in [-0.39, 0.29) is 12.5 Å². The molecule has 104 valence electrons. The number of ether oxygens (including phenoxy) is 1. The second-order valence-electron chi connectivity index (χ2n) is 4.32. The van der Waals surface area contributed by atoms with Gasteiger partial charge in [-0.15, -0.1) is 0 Å². The molecule has 0 fully saturated rings. The molecule has 0 saturated heterocycles. The molecule has 2 N–H and O–H groups in total. The number of benzene rings is 1. The van der Waals surface area contributed by atoms with Crippen LogP contribution in [-0.4, -0.2) is 23.0 Å². The highest BCUT2D eigenvalue weighted by Gasteiger charge is 2.08. The molecule has 0 aliphatic carbocycles. The van der Waals surface area contributed by atoms with Crippen molar-refractivity contribution in [3.05, 3.63) is 53.3 Å². The summed E-state index contributed by atoms with van der Waals surface area (Å²) in [5.74, 6) is 0.956. The van der Waals surface area contributed by atoms with E-state index >= 15 is 0 Å². The molecule has 0 radical (unpaired) electrons. The fourth-order valence-electron chi connectivity index (χ4n) is 1.78. The fourth-order valence-corrected chi connectivity index (χ4v) is 1.78. The summed E-state index contributed by atoms with van der Waals surface area (Å²) in [6.45, 7) is 1.90. The van der Waals surface area contributed by atoms with Crippen molar-refractivity contribution in [1.29, 1.82) is 0 Å². The zero-order valence-corrected chi connectivity index (χ0v) is 11.4. The summed E-state index contributed by atoms with van der Waals surface area (Å²) < 4.78 is 5.74. The molecule has 2 rings (SSSR count). The summed E-state index contributed by atoms with van der Waals surface area (Å²) >= 11 is 0. The van der Waals surface area contributed by atoms with E-state index in [1.54, 1.807) is 31.3 Å². The van der Waals surface area contributed by atoms with Crippen molar-refractivity contribution in [1.82, 2.24) is 10.3 Å².